The van der Waals surface area contributed by atoms with E-state index in [2.05, 4.69) is 19.2 Å². The van der Waals surface area contributed by atoms with Gasteiger partial charge in [-0.15, -0.1) is 0 Å². The summed E-state index contributed by atoms with van der Waals surface area (Å²) < 4.78 is 5.54. The average molecular weight is 276 g/mol. The van der Waals surface area contributed by atoms with Gasteiger partial charge >= 0.3 is 0 Å². The summed E-state index contributed by atoms with van der Waals surface area (Å²) in [5.41, 5.74) is 0. The van der Waals surface area contributed by atoms with Crippen molar-refractivity contribution in [2.24, 2.45) is 5.92 Å². The van der Waals surface area contributed by atoms with Crippen molar-refractivity contribution >= 4 is 23.2 Å². The predicted molar refractivity (Wildman–Crippen MR) is 74.3 cm³/mol. The summed E-state index contributed by atoms with van der Waals surface area (Å²) in [5.74, 6) is 1.45. The van der Waals surface area contributed by atoms with Crippen molar-refractivity contribution in [2.45, 2.75) is 20.3 Å². The molecule has 0 heterocycles. The van der Waals surface area contributed by atoms with Crippen LogP contribution >= 0.6 is 23.2 Å². The van der Waals surface area contributed by atoms with Crippen molar-refractivity contribution in [1.82, 2.24) is 5.32 Å². The topological polar surface area (TPSA) is 21.3 Å². The molecule has 96 valence electrons. The van der Waals surface area contributed by atoms with Crippen LogP contribution in [0.4, 0.5) is 0 Å². The molecule has 1 aromatic carbocycles. The molecule has 1 aromatic rings. The molecular weight excluding hydrogens is 257 g/mol. The van der Waals surface area contributed by atoms with E-state index in [1.54, 1.807) is 18.2 Å². The van der Waals surface area contributed by atoms with E-state index in [0.717, 1.165) is 19.0 Å². The van der Waals surface area contributed by atoms with Crippen LogP contribution < -0.4 is 10.1 Å². The Labute approximate surface area is 113 Å². The van der Waals surface area contributed by atoms with Gasteiger partial charge < -0.3 is 10.1 Å². The lowest BCUT2D eigenvalue weighted by Gasteiger charge is -2.09. The fraction of sp³-hybridized carbons (Fsp3) is 0.538. The number of benzene rings is 1. The van der Waals surface area contributed by atoms with Crippen LogP contribution in [0.3, 0.4) is 0 Å². The summed E-state index contributed by atoms with van der Waals surface area (Å²) in [6.07, 6.45) is 1.18. The highest BCUT2D eigenvalue weighted by Gasteiger charge is 1.99. The number of rotatable bonds is 7. The summed E-state index contributed by atoms with van der Waals surface area (Å²) in [4.78, 5) is 0. The third-order valence-electron chi connectivity index (χ3n) is 2.28. The monoisotopic (exact) mass is 275 g/mol. The van der Waals surface area contributed by atoms with Crippen molar-refractivity contribution in [3.8, 4) is 5.75 Å². The van der Waals surface area contributed by atoms with Gasteiger partial charge in [0.1, 0.15) is 12.4 Å². The minimum atomic E-state index is 0.597. The second kappa shape index (κ2) is 7.80. The van der Waals surface area contributed by atoms with Gasteiger partial charge in [0.15, 0.2) is 0 Å². The summed E-state index contributed by atoms with van der Waals surface area (Å²) in [6.45, 7) is 6.90. The maximum Gasteiger partial charge on any atom is 0.122 e. The molecule has 0 bridgehead atoms. The lowest BCUT2D eigenvalue weighted by Crippen LogP contribution is -2.23. The zero-order valence-corrected chi connectivity index (χ0v) is 11.8. The molecule has 0 saturated heterocycles. The van der Waals surface area contributed by atoms with Gasteiger partial charge in [-0.3, -0.25) is 0 Å². The Hall–Kier alpha value is -0.440. The van der Waals surface area contributed by atoms with Crippen LogP contribution in [0.15, 0.2) is 18.2 Å². The Morgan fingerprint density at radius 1 is 1.12 bits per heavy atom. The SMILES string of the molecule is CC(C)CCNCCOc1cc(Cl)cc(Cl)c1. The lowest BCUT2D eigenvalue weighted by atomic mass is 10.1. The highest BCUT2D eigenvalue weighted by Crippen LogP contribution is 2.23. The van der Waals surface area contributed by atoms with Crippen molar-refractivity contribution in [3.05, 3.63) is 28.2 Å². The van der Waals surface area contributed by atoms with E-state index < -0.39 is 0 Å². The second-order valence-corrected chi connectivity index (χ2v) is 5.26. The summed E-state index contributed by atoms with van der Waals surface area (Å²) in [6, 6.07) is 5.22. The highest BCUT2D eigenvalue weighted by atomic mass is 35.5. The average Bonchev–Trinajstić information content (AvgIpc) is 2.21. The Morgan fingerprint density at radius 3 is 2.35 bits per heavy atom. The van der Waals surface area contributed by atoms with E-state index >= 15 is 0 Å². The molecule has 0 amide bonds. The van der Waals surface area contributed by atoms with Crippen LogP contribution in [0.1, 0.15) is 20.3 Å². The Bertz CT molecular complexity index is 322. The maximum atomic E-state index is 5.87. The summed E-state index contributed by atoms with van der Waals surface area (Å²) >= 11 is 11.7. The highest BCUT2D eigenvalue weighted by molar-refractivity contribution is 6.34. The largest absolute Gasteiger partial charge is 0.492 e. The quantitative estimate of drug-likeness (QED) is 0.760. The van der Waals surface area contributed by atoms with E-state index in [1.807, 2.05) is 0 Å². The Balaban J connectivity index is 2.18. The van der Waals surface area contributed by atoms with Gasteiger partial charge in [0.2, 0.25) is 0 Å². The molecule has 0 radical (unpaired) electrons. The number of ether oxygens (including phenoxy) is 1. The van der Waals surface area contributed by atoms with E-state index in [9.17, 15) is 0 Å². The van der Waals surface area contributed by atoms with Gasteiger partial charge in [0.25, 0.3) is 0 Å². The first-order valence-electron chi connectivity index (χ1n) is 5.87. The molecular formula is C13H19Cl2NO. The van der Waals surface area contributed by atoms with Crippen molar-refractivity contribution < 1.29 is 4.74 Å². The van der Waals surface area contributed by atoms with Gasteiger partial charge in [-0.2, -0.15) is 0 Å². The fourth-order valence-corrected chi connectivity index (χ4v) is 1.87. The number of hydrogen-bond acceptors (Lipinski definition) is 2. The van der Waals surface area contributed by atoms with Gasteiger partial charge in [-0.1, -0.05) is 37.0 Å². The minimum absolute atomic E-state index is 0.597. The van der Waals surface area contributed by atoms with E-state index in [-0.39, 0.29) is 0 Å². The van der Waals surface area contributed by atoms with Crippen LogP contribution in [0.25, 0.3) is 0 Å². The summed E-state index contributed by atoms with van der Waals surface area (Å²) in [7, 11) is 0. The second-order valence-electron chi connectivity index (χ2n) is 4.39. The molecule has 0 fully saturated rings. The molecule has 0 aliphatic heterocycles. The van der Waals surface area contributed by atoms with Crippen LogP contribution in [0.2, 0.25) is 10.0 Å². The molecule has 0 aliphatic rings. The minimum Gasteiger partial charge on any atom is -0.492 e. The lowest BCUT2D eigenvalue weighted by molar-refractivity contribution is 0.312. The van der Waals surface area contributed by atoms with Crippen molar-refractivity contribution in [3.63, 3.8) is 0 Å². The standard InChI is InChI=1S/C13H19Cl2NO/c1-10(2)3-4-16-5-6-17-13-8-11(14)7-12(15)9-13/h7-10,16H,3-6H2,1-2H3. The van der Waals surface area contributed by atoms with Gasteiger partial charge in [-0.25, -0.2) is 0 Å². The molecule has 0 spiro atoms. The molecule has 0 atom stereocenters. The fourth-order valence-electron chi connectivity index (χ4n) is 1.37. The molecule has 0 aliphatic carbocycles. The molecule has 2 nitrogen and oxygen atoms in total. The smallest absolute Gasteiger partial charge is 0.122 e. The molecule has 1 N–H and O–H groups in total. The van der Waals surface area contributed by atoms with Crippen LogP contribution in [0, 0.1) is 5.92 Å². The zero-order chi connectivity index (χ0) is 12.7. The number of hydrogen-bond donors (Lipinski definition) is 1. The third kappa shape index (κ3) is 6.77. The number of halogens is 2. The molecule has 17 heavy (non-hydrogen) atoms. The van der Waals surface area contributed by atoms with Crippen molar-refractivity contribution in [1.29, 1.82) is 0 Å². The molecule has 0 aromatic heterocycles. The maximum absolute atomic E-state index is 5.87. The first-order chi connectivity index (χ1) is 8.08. The molecule has 4 heteroatoms. The van der Waals surface area contributed by atoms with E-state index in [1.165, 1.54) is 6.42 Å². The Morgan fingerprint density at radius 2 is 1.76 bits per heavy atom. The first-order valence-corrected chi connectivity index (χ1v) is 6.63. The van der Waals surface area contributed by atoms with Crippen LogP contribution in [-0.4, -0.2) is 19.7 Å². The molecule has 0 unspecified atom stereocenters. The molecule has 1 rings (SSSR count). The normalized spacial score (nSPS) is 10.9. The summed E-state index contributed by atoms with van der Waals surface area (Å²) in [5, 5.41) is 4.52. The Kier molecular flexibility index (Phi) is 6.71. The first kappa shape index (κ1) is 14.6. The zero-order valence-electron chi connectivity index (χ0n) is 10.3. The van der Waals surface area contributed by atoms with Gasteiger partial charge in [-0.05, 0) is 37.1 Å². The number of nitrogens with one attached hydrogen (secondary N) is 1. The van der Waals surface area contributed by atoms with Crippen LogP contribution in [0.5, 0.6) is 5.75 Å². The van der Waals surface area contributed by atoms with Crippen molar-refractivity contribution in [2.75, 3.05) is 19.7 Å². The van der Waals surface area contributed by atoms with Gasteiger partial charge in [0.05, 0.1) is 0 Å². The third-order valence-corrected chi connectivity index (χ3v) is 2.72. The molecule has 0 saturated carbocycles. The van der Waals surface area contributed by atoms with E-state index in [4.69, 9.17) is 27.9 Å². The van der Waals surface area contributed by atoms with Gasteiger partial charge in [0, 0.05) is 16.6 Å². The predicted octanol–water partition coefficient (Wildman–Crippen LogP) is 4.01. The van der Waals surface area contributed by atoms with E-state index in [0.29, 0.717) is 22.4 Å². The van der Waals surface area contributed by atoms with Crippen LogP contribution in [-0.2, 0) is 0 Å².